The molecule has 362 valence electrons. The fourth-order valence-corrected chi connectivity index (χ4v) is 10.8. The third-order valence-electron chi connectivity index (χ3n) is 14.6. The summed E-state index contributed by atoms with van der Waals surface area (Å²) in [5.74, 6) is 1.83. The predicted molar refractivity (Wildman–Crippen MR) is 276 cm³/mol. The lowest BCUT2D eigenvalue weighted by molar-refractivity contribution is -0.256. The molecule has 0 N–H and O–H groups in total. The van der Waals surface area contributed by atoms with E-state index < -0.39 is 23.5 Å². The van der Waals surface area contributed by atoms with Gasteiger partial charge in [0.25, 0.3) is 0 Å². The summed E-state index contributed by atoms with van der Waals surface area (Å²) in [6.07, 6.45) is -0.916. The van der Waals surface area contributed by atoms with Gasteiger partial charge in [0.05, 0.1) is 19.9 Å². The molecule has 1 aliphatic carbocycles. The van der Waals surface area contributed by atoms with Crippen LogP contribution in [0.1, 0.15) is 40.3 Å². The van der Waals surface area contributed by atoms with Gasteiger partial charge in [0, 0.05) is 66.5 Å². The molecule has 0 aromatic heterocycles. The molecule has 1 saturated heterocycles. The van der Waals surface area contributed by atoms with Gasteiger partial charge in [-0.3, -0.25) is 0 Å². The van der Waals surface area contributed by atoms with E-state index in [0.717, 1.165) is 52.5 Å². The number of piperazine rings is 1. The minimum Gasteiger partial charge on any atom is -0.497 e. The number of halogens is 3. The zero-order valence-corrected chi connectivity index (χ0v) is 40.3. The van der Waals surface area contributed by atoms with Crippen LogP contribution in [0.3, 0.4) is 0 Å². The molecule has 11 heteroatoms. The molecule has 0 saturated carbocycles. The van der Waals surface area contributed by atoms with Gasteiger partial charge in [0.15, 0.2) is 5.60 Å². The Kier molecular flexibility index (Phi) is 11.8. The Balaban J connectivity index is 0.949. The first-order valence-corrected chi connectivity index (χ1v) is 24.0. The van der Waals surface area contributed by atoms with E-state index in [1.165, 1.54) is 6.07 Å². The molecule has 72 heavy (non-hydrogen) atoms. The van der Waals surface area contributed by atoms with E-state index in [-0.39, 0.29) is 22.4 Å². The molecule has 0 bridgehead atoms. The molecule has 2 unspecified atom stereocenters. The van der Waals surface area contributed by atoms with Crippen molar-refractivity contribution in [2.45, 2.75) is 30.7 Å². The topological polar surface area (TPSA) is 69.7 Å². The zero-order valence-electron chi connectivity index (χ0n) is 40.3. The lowest BCUT2D eigenvalue weighted by Gasteiger charge is -2.40. The minimum absolute atomic E-state index is 0.00290. The van der Waals surface area contributed by atoms with Crippen LogP contribution in [0.4, 0.5) is 23.7 Å². The number of rotatable bonds is 10. The number of hydrogen-bond donors (Lipinski definition) is 0. The quantitative estimate of drug-likeness (QED) is 0.135. The molecule has 2 aliphatic heterocycles. The molecule has 1 fully saturated rings. The highest BCUT2D eigenvalue weighted by atomic mass is 19.4. The maximum absolute atomic E-state index is 16.2. The number of benzene rings is 8. The standard InChI is InChI=1S/C61H51F3N2O6/c1-5-39-15-23-44(24-16-39)59(45-25-29-46(68-2)30-26-45)32-31-49-56-55(48-13-9-10-14-52(48)60(56,70-4)61(62,63)64)50-37-53(54(69-3)38-51(50)57(49)72-59)65-33-35-66(36-34-65)58(67)71-47-27-21-43(22-28-47)42-19-17-41(18-20-42)40-11-7-6-8-12-40/h6-32,37-38H,5,33-36H2,1-4H3. The normalized spacial score (nSPS) is 18.0. The highest BCUT2D eigenvalue weighted by Gasteiger charge is 2.64. The largest absolute Gasteiger partial charge is 0.497 e. The molecular formula is C61H51F3N2O6. The van der Waals surface area contributed by atoms with Gasteiger partial charge >= 0.3 is 12.3 Å². The van der Waals surface area contributed by atoms with Crippen molar-refractivity contribution >= 4 is 28.6 Å². The van der Waals surface area contributed by atoms with Crippen LogP contribution in [-0.4, -0.2) is 64.7 Å². The van der Waals surface area contributed by atoms with Crippen LogP contribution in [0.5, 0.6) is 23.0 Å². The molecular weight excluding hydrogens is 914 g/mol. The van der Waals surface area contributed by atoms with Crippen molar-refractivity contribution in [3.8, 4) is 56.4 Å². The molecule has 8 nitrogen and oxygen atoms in total. The number of ether oxygens (including phenoxy) is 5. The highest BCUT2D eigenvalue weighted by Crippen LogP contribution is 2.63. The van der Waals surface area contributed by atoms with Crippen LogP contribution in [0.15, 0.2) is 170 Å². The molecule has 0 radical (unpaired) electrons. The number of carbonyl (C=O) groups excluding carboxylic acids is 1. The van der Waals surface area contributed by atoms with Gasteiger partial charge in [-0.1, -0.05) is 140 Å². The van der Waals surface area contributed by atoms with Crippen LogP contribution < -0.4 is 23.8 Å². The van der Waals surface area contributed by atoms with Crippen molar-refractivity contribution in [2.24, 2.45) is 0 Å². The van der Waals surface area contributed by atoms with Gasteiger partial charge in [0.1, 0.15) is 23.0 Å². The summed E-state index contributed by atoms with van der Waals surface area (Å²) < 4.78 is 79.3. The molecule has 0 spiro atoms. The molecule has 8 aromatic rings. The fourth-order valence-electron chi connectivity index (χ4n) is 10.8. The van der Waals surface area contributed by atoms with E-state index in [4.69, 9.17) is 23.7 Å². The SMILES string of the molecule is CCc1ccc(C2(c3ccc(OC)cc3)C=Cc3c4c(c5cc(N6CCN(C(=O)Oc7ccc(-c8ccc(-c9ccccc9)cc8)cc7)CC6)c(OC)cc5c3O2)-c2ccccc2C4(OC)C(F)(F)F)cc1. The Hall–Kier alpha value is -8.02. The summed E-state index contributed by atoms with van der Waals surface area (Å²) >= 11 is 0. The molecule has 3 aliphatic rings. The second kappa shape index (κ2) is 18.3. The predicted octanol–water partition coefficient (Wildman–Crippen LogP) is 13.9. The number of nitrogens with zero attached hydrogens (tertiary/aromatic N) is 2. The first-order chi connectivity index (χ1) is 35.0. The fraction of sp³-hybridized carbons (Fsp3) is 0.197. The van der Waals surface area contributed by atoms with Gasteiger partial charge in [-0.2, -0.15) is 13.2 Å². The number of amides is 1. The van der Waals surface area contributed by atoms with Crippen LogP contribution in [0, 0.1) is 0 Å². The summed E-state index contributed by atoms with van der Waals surface area (Å²) in [7, 11) is 4.29. The Labute approximate surface area is 416 Å². The molecule has 8 aromatic carbocycles. The van der Waals surface area contributed by atoms with Gasteiger partial charge in [0.2, 0.25) is 5.60 Å². The number of aryl methyl sites for hydroxylation is 1. The lowest BCUT2D eigenvalue weighted by Crippen LogP contribution is -2.49. The maximum Gasteiger partial charge on any atom is 0.426 e. The third-order valence-corrected chi connectivity index (χ3v) is 14.6. The monoisotopic (exact) mass is 964 g/mol. The lowest BCUT2D eigenvalue weighted by atomic mass is 9.79. The third kappa shape index (κ3) is 7.61. The number of anilines is 1. The van der Waals surface area contributed by atoms with E-state index in [1.54, 1.807) is 55.5 Å². The van der Waals surface area contributed by atoms with Crippen molar-refractivity contribution in [3.63, 3.8) is 0 Å². The Morgan fingerprint density at radius 1 is 0.653 bits per heavy atom. The van der Waals surface area contributed by atoms with Gasteiger partial charge in [-0.15, -0.1) is 0 Å². The average Bonchev–Trinajstić information content (AvgIpc) is 3.75. The van der Waals surface area contributed by atoms with Crippen molar-refractivity contribution in [3.05, 3.63) is 203 Å². The van der Waals surface area contributed by atoms with E-state index in [9.17, 15) is 4.79 Å². The summed E-state index contributed by atoms with van der Waals surface area (Å²) in [6.45, 7) is 3.53. The van der Waals surface area contributed by atoms with Crippen LogP contribution in [0.25, 0.3) is 50.2 Å². The van der Waals surface area contributed by atoms with Crippen molar-refractivity contribution in [2.75, 3.05) is 52.4 Å². The second-order valence-corrected chi connectivity index (χ2v) is 18.3. The van der Waals surface area contributed by atoms with Gasteiger partial charge < -0.3 is 33.5 Å². The second-order valence-electron chi connectivity index (χ2n) is 18.3. The number of hydrogen-bond acceptors (Lipinski definition) is 7. The van der Waals surface area contributed by atoms with E-state index in [1.807, 2.05) is 97.1 Å². The number of methoxy groups -OCH3 is 3. The Morgan fingerprint density at radius 2 is 1.24 bits per heavy atom. The molecule has 2 heterocycles. The number of alkyl halides is 3. The zero-order chi connectivity index (χ0) is 49.8. The van der Waals surface area contributed by atoms with E-state index >= 15 is 13.2 Å². The summed E-state index contributed by atoms with van der Waals surface area (Å²) in [4.78, 5) is 17.4. The molecule has 2 atom stereocenters. The van der Waals surface area contributed by atoms with Crippen LogP contribution in [-0.2, 0) is 22.4 Å². The first kappa shape index (κ1) is 46.4. The van der Waals surface area contributed by atoms with Gasteiger partial charge in [-0.25, -0.2) is 4.79 Å². The first-order valence-electron chi connectivity index (χ1n) is 24.0. The molecule has 1 amide bonds. The average molecular weight is 965 g/mol. The Bertz CT molecular complexity index is 3300. The van der Waals surface area contributed by atoms with Crippen LogP contribution in [0.2, 0.25) is 0 Å². The van der Waals surface area contributed by atoms with Crippen molar-refractivity contribution in [1.82, 2.24) is 4.90 Å². The summed E-state index contributed by atoms with van der Waals surface area (Å²) in [5.41, 5.74) is 4.59. The smallest absolute Gasteiger partial charge is 0.426 e. The highest BCUT2D eigenvalue weighted by molar-refractivity contribution is 6.10. The molecule has 11 rings (SSSR count). The van der Waals surface area contributed by atoms with Crippen molar-refractivity contribution < 1.29 is 41.7 Å². The maximum atomic E-state index is 16.2. The summed E-state index contributed by atoms with van der Waals surface area (Å²) in [6, 6.07) is 52.0. The van der Waals surface area contributed by atoms with Crippen molar-refractivity contribution in [1.29, 1.82) is 0 Å². The minimum atomic E-state index is -4.88. The van der Waals surface area contributed by atoms with Gasteiger partial charge in [-0.05, 0) is 93.2 Å². The van der Waals surface area contributed by atoms with E-state index in [0.29, 0.717) is 71.0 Å². The Morgan fingerprint density at radius 3 is 1.83 bits per heavy atom. The summed E-state index contributed by atoms with van der Waals surface area (Å²) in [5, 5.41) is 1.10. The number of carbonyl (C=O) groups is 1. The van der Waals surface area contributed by atoms with E-state index in [2.05, 4.69) is 48.2 Å². The number of fused-ring (bicyclic) bond motifs is 8. The van der Waals surface area contributed by atoms with Crippen LogP contribution >= 0.6 is 0 Å².